The lowest BCUT2D eigenvalue weighted by Gasteiger charge is -2.24. The Morgan fingerprint density at radius 1 is 0.944 bits per heavy atom. The Balaban J connectivity index is 1.75. The zero-order chi connectivity index (χ0) is 26.1. The number of rotatable bonds is 11. The number of nitrogens with zero attached hydrogens (tertiary/aromatic N) is 2. The monoisotopic (exact) mass is 507 g/mol. The molecule has 3 rings (SSSR count). The van der Waals surface area contributed by atoms with Crippen LogP contribution in [0, 0.1) is 20.8 Å². The second-order valence-electron chi connectivity index (χ2n) is 8.73. The Morgan fingerprint density at radius 3 is 2.19 bits per heavy atom. The molecule has 0 fully saturated rings. The summed E-state index contributed by atoms with van der Waals surface area (Å²) in [6, 6.07) is 19.4. The lowest BCUT2D eigenvalue weighted by atomic mass is 10.1. The van der Waals surface area contributed by atoms with Crippen molar-refractivity contribution < 1.29 is 17.9 Å². The minimum Gasteiger partial charge on any atom is -0.494 e. The molecule has 0 saturated heterocycles. The Morgan fingerprint density at radius 2 is 1.58 bits per heavy atom. The SMILES string of the molecule is CCCCOc1ccc(/C=N\NC(=O)CN(c2cc(C)cc(C)c2)S(=O)(=O)c2ccc(C)cc2)cc1. The average molecular weight is 508 g/mol. The van der Waals surface area contributed by atoms with Crippen LogP contribution < -0.4 is 14.5 Å². The number of nitrogens with one attached hydrogen (secondary N) is 1. The summed E-state index contributed by atoms with van der Waals surface area (Å²) in [4.78, 5) is 12.9. The largest absolute Gasteiger partial charge is 0.494 e. The number of anilines is 1. The van der Waals surface area contributed by atoms with Crippen LogP contribution in [0.1, 0.15) is 42.0 Å². The standard InChI is InChI=1S/C28H33N3O4S/c1-5-6-15-35-26-11-9-24(10-12-26)19-29-30-28(32)20-31(25-17-22(3)16-23(4)18-25)36(33,34)27-13-7-21(2)8-14-27/h7-14,16-19H,5-6,15,20H2,1-4H3,(H,30,32)/b29-19-. The number of hydrogen-bond acceptors (Lipinski definition) is 5. The van der Waals surface area contributed by atoms with E-state index in [9.17, 15) is 13.2 Å². The van der Waals surface area contributed by atoms with Crippen LogP contribution in [0.15, 0.2) is 76.7 Å². The van der Waals surface area contributed by atoms with Crippen molar-refractivity contribution in [3.63, 3.8) is 0 Å². The Hall–Kier alpha value is -3.65. The molecule has 0 atom stereocenters. The first-order chi connectivity index (χ1) is 17.2. The number of ether oxygens (including phenoxy) is 1. The normalized spacial score (nSPS) is 11.4. The number of aryl methyl sites for hydroxylation is 3. The summed E-state index contributed by atoms with van der Waals surface area (Å²) in [6.45, 7) is 8.02. The van der Waals surface area contributed by atoms with Crippen molar-refractivity contribution in [2.45, 2.75) is 45.4 Å². The molecule has 0 aliphatic rings. The van der Waals surface area contributed by atoms with Crippen molar-refractivity contribution in [2.24, 2.45) is 5.10 Å². The summed E-state index contributed by atoms with van der Waals surface area (Å²) in [7, 11) is -3.98. The molecular formula is C28H33N3O4S. The van der Waals surface area contributed by atoms with Crippen molar-refractivity contribution in [3.05, 3.63) is 89.0 Å². The van der Waals surface area contributed by atoms with E-state index in [0.29, 0.717) is 12.3 Å². The van der Waals surface area contributed by atoms with Gasteiger partial charge in [-0.1, -0.05) is 37.1 Å². The summed E-state index contributed by atoms with van der Waals surface area (Å²) in [5.41, 5.74) is 6.38. The Bertz CT molecular complexity index is 1280. The molecule has 0 radical (unpaired) electrons. The smallest absolute Gasteiger partial charge is 0.264 e. The summed E-state index contributed by atoms with van der Waals surface area (Å²) in [6.07, 6.45) is 3.56. The molecule has 0 spiro atoms. The molecular weight excluding hydrogens is 474 g/mol. The maximum atomic E-state index is 13.5. The minimum atomic E-state index is -3.98. The summed E-state index contributed by atoms with van der Waals surface area (Å²) in [5.74, 6) is 0.218. The third-order valence-corrected chi connectivity index (χ3v) is 7.23. The third kappa shape index (κ3) is 7.42. The van der Waals surface area contributed by atoms with Crippen molar-refractivity contribution in [1.82, 2.24) is 5.43 Å². The first-order valence-electron chi connectivity index (χ1n) is 11.9. The molecule has 36 heavy (non-hydrogen) atoms. The highest BCUT2D eigenvalue weighted by Gasteiger charge is 2.27. The molecule has 0 bridgehead atoms. The van der Waals surface area contributed by atoms with E-state index in [1.807, 2.05) is 51.1 Å². The highest BCUT2D eigenvalue weighted by molar-refractivity contribution is 7.92. The van der Waals surface area contributed by atoms with Crippen LogP contribution in [0.2, 0.25) is 0 Å². The van der Waals surface area contributed by atoms with E-state index < -0.39 is 22.5 Å². The van der Waals surface area contributed by atoms with E-state index in [1.54, 1.807) is 36.4 Å². The number of unbranched alkanes of at least 4 members (excludes halogenated alkanes) is 1. The van der Waals surface area contributed by atoms with E-state index >= 15 is 0 Å². The van der Waals surface area contributed by atoms with Gasteiger partial charge in [0.25, 0.3) is 15.9 Å². The molecule has 0 heterocycles. The maximum absolute atomic E-state index is 13.5. The van der Waals surface area contributed by atoms with Crippen molar-refractivity contribution >= 4 is 27.8 Å². The molecule has 7 nitrogen and oxygen atoms in total. The number of sulfonamides is 1. The number of benzene rings is 3. The number of carbonyl (C=O) groups excluding carboxylic acids is 1. The fraction of sp³-hybridized carbons (Fsp3) is 0.286. The summed E-state index contributed by atoms with van der Waals surface area (Å²) in [5, 5.41) is 4.01. The molecule has 0 unspecified atom stereocenters. The highest BCUT2D eigenvalue weighted by atomic mass is 32.2. The molecule has 8 heteroatoms. The van der Waals surface area contributed by atoms with Gasteiger partial charge in [-0.2, -0.15) is 5.10 Å². The van der Waals surface area contributed by atoms with Gasteiger partial charge in [-0.15, -0.1) is 0 Å². The van der Waals surface area contributed by atoms with Crippen LogP contribution >= 0.6 is 0 Å². The maximum Gasteiger partial charge on any atom is 0.264 e. The first-order valence-corrected chi connectivity index (χ1v) is 13.4. The second kappa shape index (κ2) is 12.4. The van der Waals surface area contributed by atoms with Crippen molar-refractivity contribution in [1.29, 1.82) is 0 Å². The van der Waals surface area contributed by atoms with E-state index in [-0.39, 0.29) is 4.90 Å². The van der Waals surface area contributed by atoms with Gasteiger partial charge in [0.2, 0.25) is 0 Å². The molecule has 1 N–H and O–H groups in total. The number of carbonyl (C=O) groups is 1. The number of amides is 1. The Kier molecular flexibility index (Phi) is 9.25. The van der Waals surface area contributed by atoms with Crippen molar-refractivity contribution in [3.8, 4) is 5.75 Å². The minimum absolute atomic E-state index is 0.116. The second-order valence-corrected chi connectivity index (χ2v) is 10.6. The van der Waals surface area contributed by atoms with Gasteiger partial charge in [0.1, 0.15) is 12.3 Å². The fourth-order valence-corrected chi connectivity index (χ4v) is 4.98. The van der Waals surface area contributed by atoms with Crippen LogP contribution in [0.5, 0.6) is 5.75 Å². The Labute approximate surface area is 213 Å². The quantitative estimate of drug-likeness (QED) is 0.221. The van der Waals surface area contributed by atoms with Crippen LogP contribution in [0.25, 0.3) is 0 Å². The van der Waals surface area contributed by atoms with Crippen LogP contribution in [0.4, 0.5) is 5.69 Å². The molecule has 0 aliphatic heterocycles. The van der Waals surface area contributed by atoms with E-state index in [2.05, 4.69) is 17.5 Å². The summed E-state index contributed by atoms with van der Waals surface area (Å²) < 4.78 is 33.8. The summed E-state index contributed by atoms with van der Waals surface area (Å²) >= 11 is 0. The van der Waals surface area contributed by atoms with Crippen LogP contribution in [0.3, 0.4) is 0 Å². The topological polar surface area (TPSA) is 88.1 Å². The molecule has 0 aromatic heterocycles. The van der Waals surface area contributed by atoms with Crippen molar-refractivity contribution in [2.75, 3.05) is 17.5 Å². The highest BCUT2D eigenvalue weighted by Crippen LogP contribution is 2.26. The van der Waals surface area contributed by atoms with Crippen LogP contribution in [-0.4, -0.2) is 33.7 Å². The molecule has 1 amide bonds. The van der Waals surface area contributed by atoms with Gasteiger partial charge in [-0.3, -0.25) is 9.10 Å². The first kappa shape index (κ1) is 26.9. The average Bonchev–Trinajstić information content (AvgIpc) is 2.83. The van der Waals surface area contributed by atoms with E-state index in [0.717, 1.165) is 45.2 Å². The predicted molar refractivity (Wildman–Crippen MR) is 144 cm³/mol. The van der Waals surface area contributed by atoms with Gasteiger partial charge in [-0.25, -0.2) is 13.8 Å². The van der Waals surface area contributed by atoms with Crippen LogP contribution in [-0.2, 0) is 14.8 Å². The van der Waals surface area contributed by atoms with Gasteiger partial charge in [0.05, 0.1) is 23.4 Å². The molecule has 3 aromatic carbocycles. The van der Waals surface area contributed by atoms with Gasteiger partial charge < -0.3 is 4.74 Å². The molecule has 3 aromatic rings. The number of hydrazone groups is 1. The van der Waals surface area contributed by atoms with Gasteiger partial charge >= 0.3 is 0 Å². The predicted octanol–water partition coefficient (Wildman–Crippen LogP) is 5.14. The number of hydrogen-bond donors (Lipinski definition) is 1. The van der Waals surface area contributed by atoms with Gasteiger partial charge in [0, 0.05) is 0 Å². The zero-order valence-electron chi connectivity index (χ0n) is 21.2. The van der Waals surface area contributed by atoms with Gasteiger partial charge in [-0.05, 0) is 92.4 Å². The molecule has 0 aliphatic carbocycles. The zero-order valence-corrected chi connectivity index (χ0v) is 22.0. The lowest BCUT2D eigenvalue weighted by Crippen LogP contribution is -2.39. The van der Waals surface area contributed by atoms with Gasteiger partial charge in [0.15, 0.2) is 0 Å². The third-order valence-electron chi connectivity index (χ3n) is 5.44. The lowest BCUT2D eigenvalue weighted by molar-refractivity contribution is -0.119. The fourth-order valence-electron chi connectivity index (χ4n) is 3.58. The molecule has 190 valence electrons. The molecule has 0 saturated carbocycles. The van der Waals surface area contributed by atoms with E-state index in [1.165, 1.54) is 6.21 Å². The van der Waals surface area contributed by atoms with E-state index in [4.69, 9.17) is 4.74 Å².